The third kappa shape index (κ3) is 4.81. The molecule has 1 heterocycles. The van der Waals surface area contributed by atoms with Gasteiger partial charge in [0.15, 0.2) is 0 Å². The molecule has 0 fully saturated rings. The summed E-state index contributed by atoms with van der Waals surface area (Å²) in [4.78, 5) is 4.02. The molecule has 0 aliphatic rings. The predicted octanol–water partition coefficient (Wildman–Crippen LogP) is 5.54. The van der Waals surface area contributed by atoms with E-state index in [4.69, 9.17) is 11.6 Å². The first kappa shape index (κ1) is 15.9. The minimum atomic E-state index is 0.414. The highest BCUT2D eigenvalue weighted by Gasteiger charge is 2.13. The summed E-state index contributed by atoms with van der Waals surface area (Å²) in [6.45, 7) is 5.42. The average Bonchev–Trinajstić information content (AvgIpc) is 2.85. The third-order valence-corrected chi connectivity index (χ3v) is 5.39. The maximum Gasteiger partial charge on any atom is 0.0510 e. The second kappa shape index (κ2) is 8.08. The van der Waals surface area contributed by atoms with E-state index in [1.807, 2.05) is 41.3 Å². The fraction of sp³-hybridized carbons (Fsp3) is 0.375. The molecule has 1 N–H and O–H groups in total. The Morgan fingerprint density at radius 3 is 2.80 bits per heavy atom. The van der Waals surface area contributed by atoms with Crippen LogP contribution in [0.1, 0.15) is 29.1 Å². The summed E-state index contributed by atoms with van der Waals surface area (Å²) in [6, 6.07) is 12.9. The van der Waals surface area contributed by atoms with Crippen molar-refractivity contribution in [3.05, 3.63) is 51.2 Å². The minimum Gasteiger partial charge on any atom is -0.309 e. The smallest absolute Gasteiger partial charge is 0.0510 e. The lowest BCUT2D eigenvalue weighted by molar-refractivity contribution is 0.585. The Bertz CT molecular complexity index is 539. The molecule has 0 bridgehead atoms. The number of benzene rings is 1. The van der Waals surface area contributed by atoms with Crippen molar-refractivity contribution in [3.63, 3.8) is 0 Å². The molecule has 4 heteroatoms. The Morgan fingerprint density at radius 2 is 2.15 bits per heavy atom. The summed E-state index contributed by atoms with van der Waals surface area (Å²) in [7, 11) is 0. The lowest BCUT2D eigenvalue weighted by Crippen LogP contribution is -2.23. The van der Waals surface area contributed by atoms with Gasteiger partial charge in [0, 0.05) is 25.4 Å². The Labute approximate surface area is 134 Å². The molecule has 108 valence electrons. The SMILES string of the molecule is CCCNC(CSc1cccc(Cl)c1)c1ccc(C)s1. The normalized spacial score (nSPS) is 12.6. The van der Waals surface area contributed by atoms with Crippen LogP contribution in [0.2, 0.25) is 5.02 Å². The standard InChI is InChI=1S/C16H20ClNS2/c1-3-9-18-15(16-8-7-12(2)20-16)11-19-14-6-4-5-13(17)10-14/h4-8,10,15,18H,3,9,11H2,1-2H3. The van der Waals surface area contributed by atoms with E-state index in [1.165, 1.54) is 14.6 Å². The Morgan fingerprint density at radius 1 is 1.30 bits per heavy atom. The molecule has 1 aromatic carbocycles. The van der Waals surface area contributed by atoms with Crippen molar-refractivity contribution in [1.82, 2.24) is 5.32 Å². The van der Waals surface area contributed by atoms with Crippen molar-refractivity contribution >= 4 is 34.7 Å². The maximum atomic E-state index is 6.04. The summed E-state index contributed by atoms with van der Waals surface area (Å²) in [5.41, 5.74) is 0. The molecule has 2 aromatic rings. The number of thioether (sulfide) groups is 1. The minimum absolute atomic E-state index is 0.414. The van der Waals surface area contributed by atoms with Gasteiger partial charge in [0.2, 0.25) is 0 Å². The molecule has 1 atom stereocenters. The number of nitrogens with one attached hydrogen (secondary N) is 1. The van der Waals surface area contributed by atoms with Gasteiger partial charge in [-0.1, -0.05) is 24.6 Å². The Hall–Kier alpha value is -0.480. The largest absolute Gasteiger partial charge is 0.309 e. The summed E-state index contributed by atoms with van der Waals surface area (Å²) in [5.74, 6) is 1.03. The van der Waals surface area contributed by atoms with Crippen LogP contribution in [-0.2, 0) is 0 Å². The molecule has 0 radical (unpaired) electrons. The van der Waals surface area contributed by atoms with Crippen LogP contribution in [0.4, 0.5) is 0 Å². The molecule has 0 spiro atoms. The summed E-state index contributed by atoms with van der Waals surface area (Å²) in [6.07, 6.45) is 1.16. The molecule has 20 heavy (non-hydrogen) atoms. The van der Waals surface area contributed by atoms with Crippen molar-refractivity contribution in [2.45, 2.75) is 31.2 Å². The highest BCUT2D eigenvalue weighted by Crippen LogP contribution is 2.29. The third-order valence-electron chi connectivity index (χ3n) is 2.96. The van der Waals surface area contributed by atoms with Crippen LogP contribution in [0.5, 0.6) is 0 Å². The monoisotopic (exact) mass is 325 g/mol. The fourth-order valence-corrected chi connectivity index (χ4v) is 4.29. The molecular weight excluding hydrogens is 306 g/mol. The van der Waals surface area contributed by atoms with E-state index < -0.39 is 0 Å². The first-order chi connectivity index (χ1) is 9.69. The average molecular weight is 326 g/mol. The van der Waals surface area contributed by atoms with E-state index in [9.17, 15) is 0 Å². The molecule has 1 nitrogen and oxygen atoms in total. The molecule has 0 amide bonds. The van der Waals surface area contributed by atoms with Crippen molar-refractivity contribution in [3.8, 4) is 0 Å². The van der Waals surface area contributed by atoms with Crippen LogP contribution in [0.3, 0.4) is 0 Å². The molecule has 1 aromatic heterocycles. The Balaban J connectivity index is 2.00. The van der Waals surface area contributed by atoms with Gasteiger partial charge >= 0.3 is 0 Å². The number of halogens is 1. The van der Waals surface area contributed by atoms with Crippen molar-refractivity contribution in [2.75, 3.05) is 12.3 Å². The van der Waals surface area contributed by atoms with E-state index >= 15 is 0 Å². The van der Waals surface area contributed by atoms with E-state index in [1.54, 1.807) is 0 Å². The fourth-order valence-electron chi connectivity index (χ4n) is 1.94. The highest BCUT2D eigenvalue weighted by molar-refractivity contribution is 7.99. The van der Waals surface area contributed by atoms with E-state index in [0.717, 1.165) is 23.7 Å². The summed E-state index contributed by atoms with van der Waals surface area (Å²) in [5, 5.41) is 4.45. The quantitative estimate of drug-likeness (QED) is 0.670. The van der Waals surface area contributed by atoms with Crippen LogP contribution >= 0.6 is 34.7 Å². The van der Waals surface area contributed by atoms with Gasteiger partial charge in [-0.25, -0.2) is 0 Å². The van der Waals surface area contributed by atoms with Gasteiger partial charge in [-0.2, -0.15) is 0 Å². The van der Waals surface area contributed by atoms with Gasteiger partial charge in [0.25, 0.3) is 0 Å². The number of thiophene rings is 1. The van der Waals surface area contributed by atoms with Crippen LogP contribution in [-0.4, -0.2) is 12.3 Å². The van der Waals surface area contributed by atoms with Crippen LogP contribution in [0.15, 0.2) is 41.3 Å². The van der Waals surface area contributed by atoms with Gasteiger partial charge in [0.1, 0.15) is 0 Å². The zero-order chi connectivity index (χ0) is 14.4. The van der Waals surface area contributed by atoms with Gasteiger partial charge in [-0.3, -0.25) is 0 Å². The zero-order valence-corrected chi connectivity index (χ0v) is 14.2. The van der Waals surface area contributed by atoms with Gasteiger partial charge in [0.05, 0.1) is 6.04 Å². The van der Waals surface area contributed by atoms with Crippen molar-refractivity contribution < 1.29 is 0 Å². The summed E-state index contributed by atoms with van der Waals surface area (Å²) >= 11 is 9.78. The molecule has 0 saturated carbocycles. The maximum absolute atomic E-state index is 6.04. The predicted molar refractivity (Wildman–Crippen MR) is 92.3 cm³/mol. The van der Waals surface area contributed by atoms with Gasteiger partial charge in [-0.15, -0.1) is 23.1 Å². The van der Waals surface area contributed by atoms with E-state index in [-0.39, 0.29) is 0 Å². The second-order valence-electron chi connectivity index (χ2n) is 4.72. The van der Waals surface area contributed by atoms with Gasteiger partial charge in [-0.05, 0) is 50.2 Å². The van der Waals surface area contributed by atoms with Crippen LogP contribution < -0.4 is 5.32 Å². The number of hydrogen-bond acceptors (Lipinski definition) is 3. The molecule has 0 saturated heterocycles. The van der Waals surface area contributed by atoms with Crippen LogP contribution in [0, 0.1) is 6.92 Å². The van der Waals surface area contributed by atoms with Crippen LogP contribution in [0.25, 0.3) is 0 Å². The lowest BCUT2D eigenvalue weighted by Gasteiger charge is -2.17. The molecule has 0 aliphatic carbocycles. The zero-order valence-electron chi connectivity index (χ0n) is 11.9. The lowest BCUT2D eigenvalue weighted by atomic mass is 10.2. The molecular formula is C16H20ClNS2. The van der Waals surface area contributed by atoms with E-state index in [0.29, 0.717) is 6.04 Å². The van der Waals surface area contributed by atoms with E-state index in [2.05, 4.69) is 37.4 Å². The number of hydrogen-bond donors (Lipinski definition) is 1. The highest BCUT2D eigenvalue weighted by atomic mass is 35.5. The van der Waals surface area contributed by atoms with Gasteiger partial charge < -0.3 is 5.32 Å². The van der Waals surface area contributed by atoms with Crippen molar-refractivity contribution in [2.24, 2.45) is 0 Å². The number of rotatable bonds is 7. The first-order valence-electron chi connectivity index (χ1n) is 6.87. The molecule has 2 rings (SSSR count). The second-order valence-corrected chi connectivity index (χ2v) is 7.57. The first-order valence-corrected chi connectivity index (χ1v) is 9.05. The molecule has 0 aliphatic heterocycles. The van der Waals surface area contributed by atoms with Crippen molar-refractivity contribution in [1.29, 1.82) is 0 Å². The number of aryl methyl sites for hydroxylation is 1. The topological polar surface area (TPSA) is 12.0 Å². The summed E-state index contributed by atoms with van der Waals surface area (Å²) < 4.78 is 0. The Kier molecular flexibility index (Phi) is 6.43. The molecule has 1 unspecified atom stereocenters.